The quantitative estimate of drug-likeness (QED) is 0.417. The molecule has 0 bridgehead atoms. The summed E-state index contributed by atoms with van der Waals surface area (Å²) in [5.74, 6) is 0.406. The maximum Gasteiger partial charge on any atom is 0.416 e. The van der Waals surface area contributed by atoms with Crippen molar-refractivity contribution in [2.24, 2.45) is 5.14 Å². The van der Waals surface area contributed by atoms with E-state index in [9.17, 15) is 21.6 Å². The van der Waals surface area contributed by atoms with Crippen LogP contribution >= 0.6 is 0 Å². The molecule has 0 aliphatic carbocycles. The van der Waals surface area contributed by atoms with E-state index < -0.39 is 21.8 Å². The maximum absolute atomic E-state index is 12.9. The van der Waals surface area contributed by atoms with Crippen molar-refractivity contribution in [3.8, 4) is 11.1 Å². The molecule has 4 rings (SSSR count). The highest BCUT2D eigenvalue weighted by atomic mass is 32.2. The average Bonchev–Trinajstić information content (AvgIpc) is 3.16. The Morgan fingerprint density at radius 3 is 2.34 bits per heavy atom. The van der Waals surface area contributed by atoms with Crippen LogP contribution in [0.3, 0.4) is 0 Å². The predicted octanol–water partition coefficient (Wildman–Crippen LogP) is 5.44. The number of nitrogens with two attached hydrogens (primary N) is 1. The number of rotatable bonds is 5. The highest BCUT2D eigenvalue weighted by molar-refractivity contribution is 7.89. The van der Waals surface area contributed by atoms with E-state index in [1.54, 1.807) is 36.4 Å². The summed E-state index contributed by atoms with van der Waals surface area (Å²) < 4.78 is 62.5. The predicted molar refractivity (Wildman–Crippen MR) is 116 cm³/mol. The van der Waals surface area contributed by atoms with E-state index in [0.717, 1.165) is 23.2 Å². The molecule has 3 aromatic carbocycles. The lowest BCUT2D eigenvalue weighted by Crippen LogP contribution is -2.13. The topological polar surface area (TPSA) is 88.8 Å². The molecule has 0 fully saturated rings. The number of nitrogens with one attached hydrogen (secondary N) is 1. The van der Waals surface area contributed by atoms with Gasteiger partial charge in [0.25, 0.3) is 0 Å². The maximum atomic E-state index is 12.9. The number of aromatic amines is 1. The molecule has 0 amide bonds. The normalized spacial score (nSPS) is 13.4. The van der Waals surface area contributed by atoms with Gasteiger partial charge in [-0.05, 0) is 47.9 Å². The summed E-state index contributed by atoms with van der Waals surface area (Å²) in [6.07, 6.45) is -3.75. The molecular formula is C23H20F3N3O2S. The van der Waals surface area contributed by atoms with Crippen molar-refractivity contribution >= 4 is 21.1 Å². The molecule has 0 aliphatic rings. The van der Waals surface area contributed by atoms with Crippen molar-refractivity contribution in [2.75, 3.05) is 0 Å². The molecule has 166 valence electrons. The summed E-state index contributed by atoms with van der Waals surface area (Å²) in [5, 5.41) is 5.35. The summed E-state index contributed by atoms with van der Waals surface area (Å²) >= 11 is 0. The number of fused-ring (bicyclic) bond motifs is 1. The molecule has 9 heteroatoms. The van der Waals surface area contributed by atoms with E-state index in [-0.39, 0.29) is 10.8 Å². The van der Waals surface area contributed by atoms with Gasteiger partial charge in [-0.15, -0.1) is 0 Å². The lowest BCUT2D eigenvalue weighted by atomic mass is 9.95. The molecule has 1 unspecified atom stereocenters. The first-order valence-corrected chi connectivity index (χ1v) is 11.4. The summed E-state index contributed by atoms with van der Waals surface area (Å²) in [6, 6.07) is 16.9. The van der Waals surface area contributed by atoms with E-state index in [0.29, 0.717) is 28.9 Å². The van der Waals surface area contributed by atoms with Gasteiger partial charge in [-0.25, -0.2) is 18.5 Å². The minimum atomic E-state index is -4.39. The van der Waals surface area contributed by atoms with Crippen LogP contribution in [0.5, 0.6) is 0 Å². The van der Waals surface area contributed by atoms with Crippen LogP contribution in [0.25, 0.3) is 22.2 Å². The molecule has 0 spiro atoms. The van der Waals surface area contributed by atoms with Crippen LogP contribution in [-0.4, -0.2) is 18.4 Å². The third-order valence-electron chi connectivity index (χ3n) is 5.38. The third kappa shape index (κ3) is 4.26. The molecule has 3 N–H and O–H groups in total. The van der Waals surface area contributed by atoms with E-state index >= 15 is 0 Å². The Morgan fingerprint density at radius 1 is 1.03 bits per heavy atom. The number of nitrogens with zero attached hydrogens (tertiary/aromatic N) is 1. The second-order valence-electron chi connectivity index (χ2n) is 7.48. The first kappa shape index (κ1) is 22.0. The highest BCUT2D eigenvalue weighted by Gasteiger charge is 2.30. The molecule has 1 atom stereocenters. The van der Waals surface area contributed by atoms with Crippen LogP contribution < -0.4 is 5.14 Å². The van der Waals surface area contributed by atoms with Crippen LogP contribution in [0.2, 0.25) is 0 Å². The van der Waals surface area contributed by atoms with E-state index in [1.165, 1.54) is 18.2 Å². The second-order valence-corrected chi connectivity index (χ2v) is 9.01. The SMILES string of the molecule is CCC(c1ccc(C(F)(F)F)cc1)c1nc2cc(-c3ccccc3S(N)(=O)=O)ccc2[nH]1. The van der Waals surface area contributed by atoms with Crippen molar-refractivity contribution in [1.29, 1.82) is 0 Å². The summed E-state index contributed by atoms with van der Waals surface area (Å²) in [6.45, 7) is 1.93. The zero-order valence-electron chi connectivity index (χ0n) is 17.0. The molecule has 32 heavy (non-hydrogen) atoms. The molecular weight excluding hydrogens is 439 g/mol. The van der Waals surface area contributed by atoms with Gasteiger partial charge in [0.1, 0.15) is 5.82 Å². The smallest absolute Gasteiger partial charge is 0.341 e. The number of imidazole rings is 1. The molecule has 4 aromatic rings. The largest absolute Gasteiger partial charge is 0.416 e. The first-order valence-electron chi connectivity index (χ1n) is 9.87. The van der Waals surface area contributed by atoms with Gasteiger partial charge in [0.05, 0.1) is 21.5 Å². The van der Waals surface area contributed by atoms with E-state index in [1.807, 2.05) is 6.92 Å². The molecule has 0 aliphatic heterocycles. The number of alkyl halides is 3. The van der Waals surface area contributed by atoms with Crippen molar-refractivity contribution in [2.45, 2.75) is 30.3 Å². The van der Waals surface area contributed by atoms with Gasteiger partial charge in [-0.3, -0.25) is 0 Å². The minimum Gasteiger partial charge on any atom is -0.341 e. The van der Waals surface area contributed by atoms with Gasteiger partial charge in [-0.1, -0.05) is 43.3 Å². The Balaban J connectivity index is 1.73. The fourth-order valence-electron chi connectivity index (χ4n) is 3.80. The Hall–Kier alpha value is -3.17. The third-order valence-corrected chi connectivity index (χ3v) is 6.35. The second kappa shape index (κ2) is 8.07. The fraction of sp³-hybridized carbons (Fsp3) is 0.174. The zero-order chi connectivity index (χ0) is 23.1. The lowest BCUT2D eigenvalue weighted by molar-refractivity contribution is -0.137. The van der Waals surface area contributed by atoms with Gasteiger partial charge in [0.2, 0.25) is 10.0 Å². The number of benzene rings is 3. The number of halogens is 3. The van der Waals surface area contributed by atoms with Crippen LogP contribution in [0, 0.1) is 0 Å². The Bertz CT molecular complexity index is 1380. The summed E-state index contributed by atoms with van der Waals surface area (Å²) in [4.78, 5) is 7.91. The van der Waals surface area contributed by atoms with Crippen molar-refractivity contribution in [1.82, 2.24) is 9.97 Å². The lowest BCUT2D eigenvalue weighted by Gasteiger charge is -2.14. The van der Waals surface area contributed by atoms with Crippen LogP contribution in [0.15, 0.2) is 71.6 Å². The minimum absolute atomic E-state index is 0.0197. The average molecular weight is 459 g/mol. The van der Waals surface area contributed by atoms with Crippen molar-refractivity contribution in [3.05, 3.63) is 83.7 Å². The summed E-state index contributed by atoms with van der Waals surface area (Å²) in [7, 11) is -3.91. The number of primary sulfonamides is 1. The van der Waals surface area contributed by atoms with Gasteiger partial charge in [0, 0.05) is 11.5 Å². The summed E-state index contributed by atoms with van der Waals surface area (Å²) in [5.41, 5.74) is 2.49. The van der Waals surface area contributed by atoms with Gasteiger partial charge >= 0.3 is 6.18 Å². The van der Waals surface area contributed by atoms with E-state index in [4.69, 9.17) is 5.14 Å². The first-order chi connectivity index (χ1) is 15.1. The zero-order valence-corrected chi connectivity index (χ0v) is 17.8. The van der Waals surface area contributed by atoms with Gasteiger partial charge < -0.3 is 4.98 Å². The molecule has 0 saturated carbocycles. The Labute approximate surface area is 183 Å². The number of hydrogen-bond donors (Lipinski definition) is 2. The monoisotopic (exact) mass is 459 g/mol. The standard InChI is InChI=1S/C23H20F3N3O2S/c1-2-17(14-7-10-16(11-8-14)23(24,25)26)22-28-19-12-9-15(13-20(19)29-22)18-5-3-4-6-21(18)32(27,30)31/h3-13,17H,2H2,1H3,(H,28,29)(H2,27,30,31). The van der Waals surface area contributed by atoms with Crippen molar-refractivity contribution in [3.63, 3.8) is 0 Å². The Morgan fingerprint density at radius 2 is 1.72 bits per heavy atom. The van der Waals surface area contributed by atoms with E-state index in [2.05, 4.69) is 9.97 Å². The highest BCUT2D eigenvalue weighted by Crippen LogP contribution is 2.34. The molecule has 1 aromatic heterocycles. The molecule has 1 heterocycles. The van der Waals surface area contributed by atoms with Crippen LogP contribution in [-0.2, 0) is 16.2 Å². The molecule has 5 nitrogen and oxygen atoms in total. The van der Waals surface area contributed by atoms with Crippen LogP contribution in [0.1, 0.15) is 36.2 Å². The Kier molecular flexibility index (Phi) is 5.56. The van der Waals surface area contributed by atoms with Gasteiger partial charge in [0.15, 0.2) is 0 Å². The number of sulfonamides is 1. The van der Waals surface area contributed by atoms with Crippen molar-refractivity contribution < 1.29 is 21.6 Å². The molecule has 0 saturated heterocycles. The fourth-order valence-corrected chi connectivity index (χ4v) is 4.56. The number of H-pyrrole nitrogens is 1. The van der Waals surface area contributed by atoms with Crippen LogP contribution in [0.4, 0.5) is 13.2 Å². The molecule has 0 radical (unpaired) electrons. The van der Waals surface area contributed by atoms with Gasteiger partial charge in [-0.2, -0.15) is 13.2 Å². The number of hydrogen-bond acceptors (Lipinski definition) is 3. The number of aromatic nitrogens is 2.